The number of aliphatic carboxylic acids is 1. The largest absolute Gasteiger partial charge is 0.494 e. The number of hydrogen-bond donors (Lipinski definition) is 2. The van der Waals surface area contributed by atoms with Gasteiger partial charge in [-0.2, -0.15) is 0 Å². The van der Waals surface area contributed by atoms with Gasteiger partial charge in [0, 0.05) is 0 Å². The number of carbonyl (C=O) groups is 1. The molecule has 1 aromatic heterocycles. The van der Waals surface area contributed by atoms with E-state index in [1.54, 1.807) is 24.3 Å². The van der Waals surface area contributed by atoms with E-state index in [2.05, 4.69) is 0 Å². The van der Waals surface area contributed by atoms with Crippen LogP contribution < -0.4 is 9.61 Å². The second kappa shape index (κ2) is 5.57. The molecule has 2 rings (SSSR count). The van der Waals surface area contributed by atoms with Crippen molar-refractivity contribution < 1.29 is 19.7 Å². The molecule has 0 radical (unpaired) electrons. The summed E-state index contributed by atoms with van der Waals surface area (Å²) in [7, 11) is 0. The Morgan fingerprint density at radius 2 is 2.00 bits per heavy atom. The summed E-state index contributed by atoms with van der Waals surface area (Å²) in [6.07, 6.45) is 0. The van der Waals surface area contributed by atoms with Crippen LogP contribution in [0.1, 0.15) is 5.56 Å². The van der Waals surface area contributed by atoms with E-state index in [4.69, 9.17) is 9.84 Å². The van der Waals surface area contributed by atoms with Crippen molar-refractivity contribution >= 4 is 17.3 Å². The summed E-state index contributed by atoms with van der Waals surface area (Å²) in [4.78, 5) is 21.5. The van der Waals surface area contributed by atoms with Gasteiger partial charge in [0.05, 0.1) is 11.9 Å². The van der Waals surface area contributed by atoms with Gasteiger partial charge in [0.25, 0.3) is 0 Å². The lowest BCUT2D eigenvalue weighted by Gasteiger charge is -2.06. The lowest BCUT2D eigenvalue weighted by molar-refractivity contribution is -0.139. The van der Waals surface area contributed by atoms with Crippen molar-refractivity contribution in [3.8, 4) is 11.6 Å². The summed E-state index contributed by atoms with van der Waals surface area (Å²) in [6.45, 7) is -0.141. The van der Waals surface area contributed by atoms with Crippen molar-refractivity contribution in [1.82, 2.24) is 4.57 Å². The smallest absolute Gasteiger partial charge is 0.341 e. The van der Waals surface area contributed by atoms with E-state index in [1.165, 1.54) is 9.95 Å². The SMILES string of the molecule is O=C(O)COc1ccc(Cn2c(O)csc2=O)cc1. The molecule has 0 fully saturated rings. The summed E-state index contributed by atoms with van der Waals surface area (Å²) in [5, 5.41) is 19.3. The molecule has 0 saturated carbocycles. The number of aromatic nitrogens is 1. The minimum Gasteiger partial charge on any atom is -0.494 e. The van der Waals surface area contributed by atoms with E-state index in [0.29, 0.717) is 5.75 Å². The first-order chi connectivity index (χ1) is 9.06. The van der Waals surface area contributed by atoms with E-state index in [0.717, 1.165) is 16.9 Å². The van der Waals surface area contributed by atoms with Gasteiger partial charge in [-0.05, 0) is 17.7 Å². The van der Waals surface area contributed by atoms with Gasteiger partial charge < -0.3 is 14.9 Å². The summed E-state index contributed by atoms with van der Waals surface area (Å²) in [5.41, 5.74) is 0.804. The van der Waals surface area contributed by atoms with Crippen LogP contribution in [0.25, 0.3) is 0 Å². The van der Waals surface area contributed by atoms with E-state index >= 15 is 0 Å². The fraction of sp³-hybridized carbons (Fsp3) is 0.167. The molecule has 0 amide bonds. The molecule has 0 aliphatic carbocycles. The number of benzene rings is 1. The molecule has 0 unspecified atom stereocenters. The number of aromatic hydroxyl groups is 1. The van der Waals surface area contributed by atoms with E-state index in [9.17, 15) is 14.7 Å². The van der Waals surface area contributed by atoms with Crippen LogP contribution in [0.3, 0.4) is 0 Å². The molecule has 7 heteroatoms. The topological polar surface area (TPSA) is 88.8 Å². The Morgan fingerprint density at radius 1 is 1.32 bits per heavy atom. The highest BCUT2D eigenvalue weighted by atomic mass is 32.1. The van der Waals surface area contributed by atoms with Gasteiger partial charge in [-0.15, -0.1) is 0 Å². The molecule has 0 aliphatic rings. The van der Waals surface area contributed by atoms with Gasteiger partial charge in [0.2, 0.25) is 5.88 Å². The van der Waals surface area contributed by atoms with Gasteiger partial charge >= 0.3 is 10.8 Å². The van der Waals surface area contributed by atoms with Crippen LogP contribution in [0.4, 0.5) is 0 Å². The lowest BCUT2D eigenvalue weighted by Crippen LogP contribution is -2.13. The molecule has 0 atom stereocenters. The standard InChI is InChI=1S/C12H11NO5S/c14-10-7-19-12(17)13(10)5-8-1-3-9(4-2-8)18-6-11(15)16/h1-4,7,14H,5-6H2,(H,15,16). The normalized spacial score (nSPS) is 10.3. The molecule has 2 N–H and O–H groups in total. The zero-order chi connectivity index (χ0) is 13.8. The van der Waals surface area contributed by atoms with Gasteiger partial charge in [-0.3, -0.25) is 9.36 Å². The zero-order valence-corrected chi connectivity index (χ0v) is 10.6. The van der Waals surface area contributed by atoms with Gasteiger partial charge in [0.1, 0.15) is 5.75 Å². The third-order valence-corrected chi connectivity index (χ3v) is 3.14. The van der Waals surface area contributed by atoms with Crippen LogP contribution >= 0.6 is 11.3 Å². The molecule has 0 spiro atoms. The molecule has 0 aliphatic heterocycles. The first-order valence-corrected chi connectivity index (χ1v) is 6.25. The van der Waals surface area contributed by atoms with Crippen LogP contribution in [0, 0.1) is 0 Å². The zero-order valence-electron chi connectivity index (χ0n) is 9.78. The Hall–Kier alpha value is -2.28. The number of carboxylic acids is 1. The molecule has 1 heterocycles. The number of ether oxygens (including phenoxy) is 1. The lowest BCUT2D eigenvalue weighted by atomic mass is 10.2. The van der Waals surface area contributed by atoms with Crippen molar-refractivity contribution in [2.45, 2.75) is 6.54 Å². The molecule has 1 aromatic carbocycles. The van der Waals surface area contributed by atoms with Gasteiger partial charge in [-0.25, -0.2) is 4.79 Å². The Balaban J connectivity index is 2.07. The molecule has 0 saturated heterocycles. The van der Waals surface area contributed by atoms with E-state index < -0.39 is 12.6 Å². The minimum absolute atomic E-state index is 0.0683. The predicted octanol–water partition coefficient (Wildman–Crippen LogP) is 1.13. The number of carboxylic acid groups (broad SMARTS) is 1. The third kappa shape index (κ3) is 3.35. The number of nitrogens with zero attached hydrogens (tertiary/aromatic N) is 1. The van der Waals surface area contributed by atoms with Crippen LogP contribution in [0.5, 0.6) is 11.6 Å². The van der Waals surface area contributed by atoms with Crippen LogP contribution in [0.2, 0.25) is 0 Å². The van der Waals surface area contributed by atoms with Crippen molar-refractivity contribution in [3.63, 3.8) is 0 Å². The van der Waals surface area contributed by atoms with E-state index in [1.807, 2.05) is 0 Å². The van der Waals surface area contributed by atoms with E-state index in [-0.39, 0.29) is 17.3 Å². The molecule has 2 aromatic rings. The first-order valence-electron chi connectivity index (χ1n) is 5.37. The molecular formula is C12H11NO5S. The second-order valence-electron chi connectivity index (χ2n) is 3.77. The quantitative estimate of drug-likeness (QED) is 0.857. The Morgan fingerprint density at radius 3 is 2.53 bits per heavy atom. The van der Waals surface area contributed by atoms with Crippen molar-refractivity contribution in [1.29, 1.82) is 0 Å². The maximum atomic E-state index is 11.4. The minimum atomic E-state index is -1.04. The van der Waals surface area contributed by atoms with Crippen molar-refractivity contribution in [2.24, 2.45) is 0 Å². The summed E-state index contributed by atoms with van der Waals surface area (Å²) < 4.78 is 6.24. The highest BCUT2D eigenvalue weighted by Crippen LogP contribution is 2.15. The van der Waals surface area contributed by atoms with Gasteiger partial charge in [-0.1, -0.05) is 23.5 Å². The Labute approximate surface area is 112 Å². The molecule has 19 heavy (non-hydrogen) atoms. The fourth-order valence-corrected chi connectivity index (χ4v) is 2.11. The summed E-state index contributed by atoms with van der Waals surface area (Å²) >= 11 is 0.932. The number of rotatable bonds is 5. The summed E-state index contributed by atoms with van der Waals surface area (Å²) in [6, 6.07) is 6.65. The highest BCUT2D eigenvalue weighted by Gasteiger charge is 2.06. The average molecular weight is 281 g/mol. The van der Waals surface area contributed by atoms with Crippen molar-refractivity contribution in [3.05, 3.63) is 44.9 Å². The number of thiazole rings is 1. The maximum absolute atomic E-state index is 11.4. The predicted molar refractivity (Wildman–Crippen MR) is 68.9 cm³/mol. The molecule has 6 nitrogen and oxygen atoms in total. The van der Waals surface area contributed by atoms with Crippen LogP contribution in [-0.4, -0.2) is 27.4 Å². The highest BCUT2D eigenvalue weighted by molar-refractivity contribution is 7.07. The fourth-order valence-electron chi connectivity index (χ4n) is 1.49. The van der Waals surface area contributed by atoms with Crippen molar-refractivity contribution in [2.75, 3.05) is 6.61 Å². The third-order valence-electron chi connectivity index (χ3n) is 2.39. The summed E-state index contributed by atoms with van der Waals surface area (Å²) in [5.74, 6) is -0.673. The maximum Gasteiger partial charge on any atom is 0.341 e. The van der Waals surface area contributed by atoms with Gasteiger partial charge in [0.15, 0.2) is 6.61 Å². The van der Waals surface area contributed by atoms with Crippen LogP contribution in [0.15, 0.2) is 34.4 Å². The van der Waals surface area contributed by atoms with Crippen LogP contribution in [-0.2, 0) is 11.3 Å². The molecule has 100 valence electrons. The monoisotopic (exact) mass is 281 g/mol. The molecular weight excluding hydrogens is 270 g/mol. The second-order valence-corrected chi connectivity index (χ2v) is 4.59. The Bertz CT molecular complexity index is 628. The molecule has 0 bridgehead atoms. The average Bonchev–Trinajstić information content (AvgIpc) is 2.70. The first kappa shape index (κ1) is 13.2. The Kier molecular flexibility index (Phi) is 3.86. The number of hydrogen-bond acceptors (Lipinski definition) is 5.